The lowest BCUT2D eigenvalue weighted by molar-refractivity contribution is -0.226. The van der Waals surface area contributed by atoms with Gasteiger partial charge in [0.1, 0.15) is 0 Å². The van der Waals surface area contributed by atoms with E-state index < -0.39 is 11.4 Å². The van der Waals surface area contributed by atoms with Gasteiger partial charge in [0, 0.05) is 17.4 Å². The minimum atomic E-state index is -0.894. The highest BCUT2D eigenvalue weighted by Gasteiger charge is 2.75. The number of ether oxygens (including phenoxy) is 2. The van der Waals surface area contributed by atoms with Gasteiger partial charge in [-0.1, -0.05) is 42.8 Å². The van der Waals surface area contributed by atoms with Crippen LogP contribution in [0.15, 0.2) is 42.0 Å². The zero-order valence-corrected chi connectivity index (χ0v) is 19.4. The lowest BCUT2D eigenvalue weighted by atomic mass is 9.50. The van der Waals surface area contributed by atoms with Gasteiger partial charge in [0.15, 0.2) is 23.0 Å². The van der Waals surface area contributed by atoms with E-state index >= 15 is 0 Å². The molecule has 4 heteroatoms. The summed E-state index contributed by atoms with van der Waals surface area (Å²) in [6.07, 6.45) is 8.60. The van der Waals surface area contributed by atoms with E-state index in [2.05, 4.69) is 6.92 Å². The summed E-state index contributed by atoms with van der Waals surface area (Å²) < 4.78 is 13.5. The third kappa shape index (κ3) is 2.57. The van der Waals surface area contributed by atoms with Crippen molar-refractivity contribution in [3.8, 4) is 0 Å². The van der Waals surface area contributed by atoms with Crippen molar-refractivity contribution in [1.29, 1.82) is 0 Å². The van der Waals surface area contributed by atoms with E-state index in [0.29, 0.717) is 35.9 Å². The molecule has 0 amide bonds. The highest BCUT2D eigenvalue weighted by Crippen LogP contribution is 2.69. The molecule has 1 unspecified atom stereocenters. The topological polar surface area (TPSA) is 52.6 Å². The zero-order chi connectivity index (χ0) is 22.3. The number of ketones is 2. The Morgan fingerprint density at radius 3 is 2.56 bits per heavy atom. The van der Waals surface area contributed by atoms with Crippen molar-refractivity contribution in [3.63, 3.8) is 0 Å². The molecule has 4 nitrogen and oxygen atoms in total. The fourth-order valence-electron chi connectivity index (χ4n) is 8.65. The van der Waals surface area contributed by atoms with Gasteiger partial charge in [-0.2, -0.15) is 0 Å². The highest BCUT2D eigenvalue weighted by atomic mass is 16.8. The number of allylic oxidation sites excluding steroid dienone is 1. The van der Waals surface area contributed by atoms with E-state index in [1.807, 2.05) is 43.3 Å². The van der Waals surface area contributed by atoms with E-state index in [9.17, 15) is 9.59 Å². The molecule has 0 bridgehead atoms. The minimum absolute atomic E-state index is 0.116. The first-order chi connectivity index (χ1) is 15.3. The summed E-state index contributed by atoms with van der Waals surface area (Å²) in [7, 11) is 0. The molecule has 1 heterocycles. The van der Waals surface area contributed by atoms with Crippen LogP contribution in [-0.4, -0.2) is 23.3 Å². The van der Waals surface area contributed by atoms with Gasteiger partial charge in [-0.05, 0) is 82.1 Å². The molecule has 0 N–H and O–H groups in total. The van der Waals surface area contributed by atoms with E-state index in [4.69, 9.17) is 9.47 Å². The van der Waals surface area contributed by atoms with E-state index in [-0.39, 0.29) is 17.3 Å². The summed E-state index contributed by atoms with van der Waals surface area (Å²) in [5.74, 6) is 1.73. The van der Waals surface area contributed by atoms with Crippen molar-refractivity contribution in [2.75, 3.05) is 0 Å². The maximum absolute atomic E-state index is 13.4. The summed E-state index contributed by atoms with van der Waals surface area (Å²) in [5, 5.41) is 0. The Bertz CT molecular complexity index is 998. The van der Waals surface area contributed by atoms with Gasteiger partial charge >= 0.3 is 0 Å². The predicted molar refractivity (Wildman–Crippen MR) is 121 cm³/mol. The maximum atomic E-state index is 13.4. The van der Waals surface area contributed by atoms with Crippen LogP contribution >= 0.6 is 0 Å². The van der Waals surface area contributed by atoms with Gasteiger partial charge in [-0.25, -0.2) is 0 Å². The molecular formula is C28H34O4. The molecule has 170 valence electrons. The van der Waals surface area contributed by atoms with Gasteiger partial charge in [-0.3, -0.25) is 9.59 Å². The summed E-state index contributed by atoms with van der Waals surface area (Å²) in [4.78, 5) is 25.4. The Morgan fingerprint density at radius 1 is 1.03 bits per heavy atom. The number of Topliss-reactive ketones (excluding diaryl/α,β-unsaturated/α-hetero) is 1. The van der Waals surface area contributed by atoms with E-state index in [1.165, 1.54) is 5.57 Å². The molecule has 1 saturated heterocycles. The fourth-order valence-corrected chi connectivity index (χ4v) is 8.65. The van der Waals surface area contributed by atoms with Crippen LogP contribution in [0, 0.1) is 29.1 Å². The van der Waals surface area contributed by atoms with Gasteiger partial charge in [0.05, 0.1) is 6.10 Å². The van der Waals surface area contributed by atoms with E-state index in [1.54, 1.807) is 6.92 Å². The van der Waals surface area contributed by atoms with Crippen LogP contribution in [0.4, 0.5) is 0 Å². The van der Waals surface area contributed by atoms with Crippen LogP contribution in [0.2, 0.25) is 0 Å². The van der Waals surface area contributed by atoms with Crippen molar-refractivity contribution in [2.24, 2.45) is 29.1 Å². The van der Waals surface area contributed by atoms with Crippen molar-refractivity contribution in [3.05, 3.63) is 47.5 Å². The quantitative estimate of drug-likeness (QED) is 0.629. The lowest BCUT2D eigenvalue weighted by Gasteiger charge is -2.55. The SMILES string of the molecule is CC(=O)[C@@]12OC(C)(c3ccccc3)O[C@@H]1C[C@H]1[C@@H]3CCC4=CC(=O)CC[C@@H]4[C@H]3CC[C@@]12C. The van der Waals surface area contributed by atoms with Crippen LogP contribution in [-0.2, 0) is 24.8 Å². The molecule has 1 aromatic rings. The Balaban J connectivity index is 1.36. The Morgan fingerprint density at radius 2 is 1.81 bits per heavy atom. The number of hydrogen-bond acceptors (Lipinski definition) is 4. The summed E-state index contributed by atoms with van der Waals surface area (Å²) >= 11 is 0. The Hall–Kier alpha value is -1.78. The molecule has 6 rings (SSSR count). The monoisotopic (exact) mass is 434 g/mol. The first-order valence-corrected chi connectivity index (χ1v) is 12.5. The standard InChI is InChI=1S/C28H34O4/c1-17(29)28-25(31-27(3,32-28)19-7-5-4-6-8-19)16-24-23-11-9-18-15-20(30)10-12-21(18)22(23)13-14-26(24,28)2/h4-8,15,21-25H,9-14,16H2,1-3H3/t21-,22+,23+,24-,25+,26-,27?,28+/m0/s1. The van der Waals surface area contributed by atoms with Crippen molar-refractivity contribution < 1.29 is 19.1 Å². The van der Waals surface area contributed by atoms with Crippen molar-refractivity contribution in [2.45, 2.75) is 83.2 Å². The molecule has 0 spiro atoms. The first-order valence-electron chi connectivity index (χ1n) is 12.5. The maximum Gasteiger partial charge on any atom is 0.193 e. The lowest BCUT2D eigenvalue weighted by Crippen LogP contribution is -2.59. The van der Waals surface area contributed by atoms with Crippen molar-refractivity contribution in [1.82, 2.24) is 0 Å². The van der Waals surface area contributed by atoms with Crippen LogP contribution in [0.1, 0.15) is 71.3 Å². The largest absolute Gasteiger partial charge is 0.339 e. The number of benzene rings is 1. The van der Waals surface area contributed by atoms with Gasteiger partial charge in [0.25, 0.3) is 0 Å². The minimum Gasteiger partial charge on any atom is -0.339 e. The molecule has 4 fully saturated rings. The number of carbonyl (C=O) groups excluding carboxylic acids is 2. The number of rotatable bonds is 2. The van der Waals surface area contributed by atoms with Crippen LogP contribution in [0.25, 0.3) is 0 Å². The third-order valence-corrected chi connectivity index (χ3v) is 10.0. The summed E-state index contributed by atoms with van der Waals surface area (Å²) in [6.45, 7) is 6.00. The molecule has 0 aromatic heterocycles. The molecule has 1 aromatic carbocycles. The Kier molecular flexibility index (Phi) is 4.46. The van der Waals surface area contributed by atoms with Gasteiger partial charge in [0.2, 0.25) is 0 Å². The van der Waals surface area contributed by atoms with Crippen LogP contribution in [0.5, 0.6) is 0 Å². The first kappa shape index (κ1) is 20.8. The zero-order valence-electron chi connectivity index (χ0n) is 19.4. The van der Waals surface area contributed by atoms with Gasteiger partial charge < -0.3 is 9.47 Å². The second kappa shape index (κ2) is 6.87. The van der Waals surface area contributed by atoms with E-state index in [0.717, 1.165) is 44.1 Å². The molecular weight excluding hydrogens is 400 g/mol. The highest BCUT2D eigenvalue weighted by molar-refractivity contribution is 5.91. The van der Waals surface area contributed by atoms with Crippen molar-refractivity contribution >= 4 is 11.6 Å². The normalized spacial score (nSPS) is 47.2. The van der Waals surface area contributed by atoms with Gasteiger partial charge in [-0.15, -0.1) is 0 Å². The van der Waals surface area contributed by atoms with Crippen LogP contribution in [0.3, 0.4) is 0 Å². The van der Waals surface area contributed by atoms with Crippen LogP contribution < -0.4 is 0 Å². The smallest absolute Gasteiger partial charge is 0.193 e. The molecule has 32 heavy (non-hydrogen) atoms. The number of hydrogen-bond donors (Lipinski definition) is 0. The second-order valence-corrected chi connectivity index (χ2v) is 11.3. The second-order valence-electron chi connectivity index (χ2n) is 11.3. The molecule has 8 atom stereocenters. The summed E-state index contributed by atoms with van der Waals surface area (Å²) in [5.41, 5.74) is 1.27. The fraction of sp³-hybridized carbons (Fsp3) is 0.643. The molecule has 3 saturated carbocycles. The molecule has 4 aliphatic carbocycles. The molecule has 1 aliphatic heterocycles. The third-order valence-electron chi connectivity index (χ3n) is 10.0. The number of carbonyl (C=O) groups is 2. The molecule has 5 aliphatic rings. The number of fused-ring (bicyclic) bond motifs is 7. The average Bonchev–Trinajstić information content (AvgIpc) is 3.23. The average molecular weight is 435 g/mol. The predicted octanol–water partition coefficient (Wildman–Crippen LogP) is 5.35. The molecule has 0 radical (unpaired) electrons. The Labute approximate surface area is 190 Å². The summed E-state index contributed by atoms with van der Waals surface area (Å²) in [6, 6.07) is 10.1.